The maximum absolute atomic E-state index is 11.4. The van der Waals surface area contributed by atoms with Crippen LogP contribution in [0.25, 0.3) is 10.9 Å². The number of pyridine rings is 1. The van der Waals surface area contributed by atoms with Gasteiger partial charge in [0.25, 0.3) is 0 Å². The van der Waals surface area contributed by atoms with E-state index in [0.29, 0.717) is 0 Å². The van der Waals surface area contributed by atoms with E-state index in [2.05, 4.69) is 58.3 Å². The maximum atomic E-state index is 11.4. The smallest absolute Gasteiger partial charge is 0.405 e. The molecule has 0 saturated carbocycles. The van der Waals surface area contributed by atoms with E-state index >= 15 is 0 Å². The van der Waals surface area contributed by atoms with Crippen LogP contribution >= 0.6 is 0 Å². The van der Waals surface area contributed by atoms with Gasteiger partial charge in [-0.05, 0) is 58.8 Å². The van der Waals surface area contributed by atoms with Crippen molar-refractivity contribution in [2.75, 3.05) is 0 Å². The van der Waals surface area contributed by atoms with E-state index in [9.17, 15) is 9.90 Å². The fourth-order valence-electron chi connectivity index (χ4n) is 4.09. The number of aromatic nitrogens is 2. The zero-order valence-electron chi connectivity index (χ0n) is 16.9. The minimum Gasteiger partial charge on any atom is -0.465 e. The largest absolute Gasteiger partial charge is 0.465 e. The predicted octanol–water partition coefficient (Wildman–Crippen LogP) is 5.78. The summed E-state index contributed by atoms with van der Waals surface area (Å²) in [6.45, 7) is 2.19. The van der Waals surface area contributed by atoms with Gasteiger partial charge in [0.2, 0.25) is 0 Å². The molecule has 0 aliphatic rings. The molecule has 0 aliphatic heterocycles. The Morgan fingerprint density at radius 2 is 1.77 bits per heavy atom. The quantitative estimate of drug-likeness (QED) is 0.414. The monoisotopic (exact) mass is 399 g/mol. The molecule has 4 rings (SSSR count). The van der Waals surface area contributed by atoms with Gasteiger partial charge in [0, 0.05) is 24.1 Å². The Morgan fingerprint density at radius 1 is 1.00 bits per heavy atom. The van der Waals surface area contributed by atoms with E-state index in [-0.39, 0.29) is 6.04 Å². The van der Waals surface area contributed by atoms with Gasteiger partial charge < -0.3 is 15.0 Å². The van der Waals surface area contributed by atoms with Crippen molar-refractivity contribution in [3.05, 3.63) is 102 Å². The highest BCUT2D eigenvalue weighted by Gasteiger charge is 2.19. The molecule has 2 aromatic carbocycles. The summed E-state index contributed by atoms with van der Waals surface area (Å²) in [4.78, 5) is 15.6. The summed E-state index contributed by atoms with van der Waals surface area (Å²) in [5.74, 6) is 0. The molecule has 0 aliphatic carbocycles. The molecule has 5 nitrogen and oxygen atoms in total. The van der Waals surface area contributed by atoms with E-state index < -0.39 is 12.1 Å². The van der Waals surface area contributed by atoms with Crippen molar-refractivity contribution in [2.45, 2.75) is 31.8 Å². The molecule has 30 heavy (non-hydrogen) atoms. The molecular weight excluding hydrogens is 374 g/mol. The molecule has 0 radical (unpaired) electrons. The van der Waals surface area contributed by atoms with Gasteiger partial charge in [-0.1, -0.05) is 49.7 Å². The van der Waals surface area contributed by atoms with Gasteiger partial charge in [0.1, 0.15) is 0 Å². The third kappa shape index (κ3) is 4.06. The zero-order valence-corrected chi connectivity index (χ0v) is 16.9. The van der Waals surface area contributed by atoms with Crippen molar-refractivity contribution < 1.29 is 9.90 Å². The average Bonchev–Trinajstić information content (AvgIpc) is 3.20. The first-order valence-corrected chi connectivity index (χ1v) is 10.2. The normalized spacial score (nSPS) is 13.1. The zero-order chi connectivity index (χ0) is 20.9. The minimum atomic E-state index is -1.04. The first-order chi connectivity index (χ1) is 14.7. The molecule has 4 aromatic rings. The van der Waals surface area contributed by atoms with Gasteiger partial charge in [-0.2, -0.15) is 0 Å². The summed E-state index contributed by atoms with van der Waals surface area (Å²) in [5, 5.41) is 13.1. The van der Waals surface area contributed by atoms with E-state index in [1.165, 1.54) is 5.56 Å². The van der Waals surface area contributed by atoms with Crippen molar-refractivity contribution in [2.24, 2.45) is 0 Å². The predicted molar refractivity (Wildman–Crippen MR) is 119 cm³/mol. The van der Waals surface area contributed by atoms with Gasteiger partial charge in [-0.3, -0.25) is 4.98 Å². The minimum absolute atomic E-state index is 0.239. The lowest BCUT2D eigenvalue weighted by Gasteiger charge is -2.21. The number of nitrogens with zero attached hydrogens (tertiary/aromatic N) is 2. The number of nitrogens with one attached hydrogen (secondary N) is 1. The van der Waals surface area contributed by atoms with Gasteiger partial charge >= 0.3 is 6.09 Å². The van der Waals surface area contributed by atoms with Crippen molar-refractivity contribution >= 4 is 17.0 Å². The standard InChI is InChI=1S/C25H25N3O2/c1-2-6-22(18-11-14-26-15-12-18)28-16-13-20-17-21(9-10-23(20)28)24(27-25(29)30)19-7-4-3-5-8-19/h3-5,7-17,22,24,27H,2,6H2,1H3,(H,29,30). The maximum Gasteiger partial charge on any atom is 0.405 e. The number of fused-ring (bicyclic) bond motifs is 1. The molecule has 2 unspecified atom stereocenters. The SMILES string of the molecule is CCCC(c1ccncc1)n1ccc2cc(C(NC(=O)O)c3ccccc3)ccc21. The fourth-order valence-corrected chi connectivity index (χ4v) is 4.09. The Morgan fingerprint density at radius 3 is 2.47 bits per heavy atom. The van der Waals surface area contributed by atoms with Crippen LogP contribution in [0.1, 0.15) is 48.5 Å². The number of hydrogen-bond donors (Lipinski definition) is 2. The molecule has 0 bridgehead atoms. The van der Waals surface area contributed by atoms with Gasteiger partial charge in [-0.15, -0.1) is 0 Å². The molecule has 0 fully saturated rings. The Bertz CT molecular complexity index is 1120. The summed E-state index contributed by atoms with van der Waals surface area (Å²) in [5.41, 5.74) is 4.21. The Balaban J connectivity index is 1.74. The van der Waals surface area contributed by atoms with Crippen LogP contribution < -0.4 is 5.32 Å². The van der Waals surface area contributed by atoms with E-state index in [0.717, 1.165) is 34.9 Å². The second-order valence-electron chi connectivity index (χ2n) is 7.42. The third-order valence-electron chi connectivity index (χ3n) is 5.47. The van der Waals surface area contributed by atoms with Crippen LogP contribution in [0, 0.1) is 0 Å². The van der Waals surface area contributed by atoms with Crippen LogP contribution in [0.15, 0.2) is 85.3 Å². The first kappa shape index (κ1) is 19.7. The topological polar surface area (TPSA) is 67.2 Å². The van der Waals surface area contributed by atoms with Gasteiger partial charge in [0.05, 0.1) is 12.1 Å². The van der Waals surface area contributed by atoms with Crippen molar-refractivity contribution in [1.82, 2.24) is 14.9 Å². The van der Waals surface area contributed by atoms with E-state index in [4.69, 9.17) is 0 Å². The summed E-state index contributed by atoms with van der Waals surface area (Å²) in [7, 11) is 0. The molecule has 2 aromatic heterocycles. The second kappa shape index (κ2) is 8.82. The summed E-state index contributed by atoms with van der Waals surface area (Å²) < 4.78 is 2.31. The van der Waals surface area contributed by atoms with Crippen molar-refractivity contribution in [3.63, 3.8) is 0 Å². The lowest BCUT2D eigenvalue weighted by molar-refractivity contribution is 0.191. The molecule has 152 valence electrons. The summed E-state index contributed by atoms with van der Waals surface area (Å²) in [6, 6.07) is 21.9. The fraction of sp³-hybridized carbons (Fsp3) is 0.200. The van der Waals surface area contributed by atoms with E-state index in [1.54, 1.807) is 0 Å². The summed E-state index contributed by atoms with van der Waals surface area (Å²) in [6.07, 6.45) is 6.86. The van der Waals surface area contributed by atoms with Crippen molar-refractivity contribution in [1.29, 1.82) is 0 Å². The third-order valence-corrected chi connectivity index (χ3v) is 5.47. The lowest BCUT2D eigenvalue weighted by atomic mass is 9.97. The van der Waals surface area contributed by atoms with Crippen LogP contribution in [0.3, 0.4) is 0 Å². The van der Waals surface area contributed by atoms with E-state index in [1.807, 2.05) is 48.8 Å². The number of carboxylic acid groups (broad SMARTS) is 1. The molecule has 0 saturated heterocycles. The molecule has 0 spiro atoms. The second-order valence-corrected chi connectivity index (χ2v) is 7.42. The van der Waals surface area contributed by atoms with Gasteiger partial charge in [-0.25, -0.2) is 4.79 Å². The molecule has 5 heteroatoms. The molecule has 2 atom stereocenters. The average molecular weight is 399 g/mol. The Hall–Kier alpha value is -3.60. The summed E-state index contributed by atoms with van der Waals surface area (Å²) >= 11 is 0. The molecule has 1 amide bonds. The van der Waals surface area contributed by atoms with Crippen LogP contribution in [0.5, 0.6) is 0 Å². The van der Waals surface area contributed by atoms with Crippen LogP contribution in [-0.4, -0.2) is 20.8 Å². The molecular formula is C25H25N3O2. The Kier molecular flexibility index (Phi) is 5.80. The highest BCUT2D eigenvalue weighted by molar-refractivity contribution is 5.81. The lowest BCUT2D eigenvalue weighted by Crippen LogP contribution is -2.27. The van der Waals surface area contributed by atoms with Crippen molar-refractivity contribution in [3.8, 4) is 0 Å². The molecule has 2 N–H and O–H groups in total. The highest BCUT2D eigenvalue weighted by Crippen LogP contribution is 2.31. The number of benzene rings is 2. The first-order valence-electron chi connectivity index (χ1n) is 10.2. The highest BCUT2D eigenvalue weighted by atomic mass is 16.4. The van der Waals surface area contributed by atoms with Crippen LogP contribution in [0.2, 0.25) is 0 Å². The van der Waals surface area contributed by atoms with Crippen LogP contribution in [-0.2, 0) is 0 Å². The van der Waals surface area contributed by atoms with Crippen LogP contribution in [0.4, 0.5) is 4.79 Å². The number of hydrogen-bond acceptors (Lipinski definition) is 2. The molecule has 2 heterocycles. The number of rotatable bonds is 7. The van der Waals surface area contributed by atoms with Gasteiger partial charge in [0.15, 0.2) is 0 Å². The Labute approximate surface area is 176 Å². The number of carbonyl (C=O) groups is 1. The number of amides is 1.